The van der Waals surface area contributed by atoms with Gasteiger partial charge in [0.2, 0.25) is 5.91 Å². The summed E-state index contributed by atoms with van der Waals surface area (Å²) >= 11 is 0. The lowest BCUT2D eigenvalue weighted by Crippen LogP contribution is -2.52. The number of nitrogens with one attached hydrogen (secondary N) is 3. The Morgan fingerprint density at radius 2 is 1.92 bits per heavy atom. The third kappa shape index (κ3) is 5.55. The van der Waals surface area contributed by atoms with Crippen LogP contribution in [0.2, 0.25) is 0 Å². The first-order valence-corrected chi connectivity index (χ1v) is 10.1. The summed E-state index contributed by atoms with van der Waals surface area (Å²) in [5, 5.41) is 9.66. The highest BCUT2D eigenvalue weighted by atomic mass is 16.2. The maximum absolute atomic E-state index is 12.5. The molecule has 0 saturated heterocycles. The van der Waals surface area contributed by atoms with Crippen LogP contribution in [0.5, 0.6) is 0 Å². The molecule has 1 amide bonds. The molecule has 0 saturated carbocycles. The van der Waals surface area contributed by atoms with Crippen LogP contribution >= 0.6 is 0 Å². The van der Waals surface area contributed by atoms with Crippen molar-refractivity contribution in [2.45, 2.75) is 70.9 Å². The first kappa shape index (κ1) is 20.9. The van der Waals surface area contributed by atoms with Crippen molar-refractivity contribution in [3.63, 3.8) is 0 Å². The SMILES string of the molecule is CNC(CCC1CCCc2ccccc21)CNC(=O)C(NC)C(C)(C)C. The smallest absolute Gasteiger partial charge is 0.237 e. The summed E-state index contributed by atoms with van der Waals surface area (Å²) in [5.41, 5.74) is 2.97. The molecule has 0 fully saturated rings. The van der Waals surface area contributed by atoms with Crippen LogP contribution < -0.4 is 16.0 Å². The normalized spacial score (nSPS) is 19.5. The largest absolute Gasteiger partial charge is 0.353 e. The monoisotopic (exact) mass is 359 g/mol. The van der Waals surface area contributed by atoms with Crippen molar-refractivity contribution in [3.8, 4) is 0 Å². The number of hydrogen-bond acceptors (Lipinski definition) is 3. The lowest BCUT2D eigenvalue weighted by molar-refractivity contribution is -0.125. The van der Waals surface area contributed by atoms with Gasteiger partial charge in [0, 0.05) is 12.6 Å². The van der Waals surface area contributed by atoms with E-state index in [-0.39, 0.29) is 17.4 Å². The molecule has 0 spiro atoms. The van der Waals surface area contributed by atoms with Crippen LogP contribution in [0.3, 0.4) is 0 Å². The highest BCUT2D eigenvalue weighted by Gasteiger charge is 2.30. The van der Waals surface area contributed by atoms with Gasteiger partial charge in [0.1, 0.15) is 0 Å². The second-order valence-corrected chi connectivity index (χ2v) is 8.68. The van der Waals surface area contributed by atoms with Crippen molar-refractivity contribution < 1.29 is 4.79 Å². The van der Waals surface area contributed by atoms with Crippen LogP contribution in [0.25, 0.3) is 0 Å². The third-order valence-electron chi connectivity index (χ3n) is 5.71. The Hall–Kier alpha value is -1.39. The number of amides is 1. The molecule has 1 aromatic carbocycles. The van der Waals surface area contributed by atoms with E-state index >= 15 is 0 Å². The second-order valence-electron chi connectivity index (χ2n) is 8.68. The molecule has 3 N–H and O–H groups in total. The molecule has 1 aliphatic rings. The second kappa shape index (κ2) is 9.52. The van der Waals surface area contributed by atoms with E-state index in [1.165, 1.54) is 31.2 Å². The summed E-state index contributed by atoms with van der Waals surface area (Å²) in [5.74, 6) is 0.745. The third-order valence-corrected chi connectivity index (χ3v) is 5.71. The Morgan fingerprint density at radius 3 is 2.58 bits per heavy atom. The predicted octanol–water partition coefficient (Wildman–Crippen LogP) is 3.23. The molecule has 0 aliphatic heterocycles. The lowest BCUT2D eigenvalue weighted by atomic mass is 9.80. The Balaban J connectivity index is 1.86. The Morgan fingerprint density at radius 1 is 1.19 bits per heavy atom. The molecule has 0 heterocycles. The molecule has 1 aromatic rings. The quantitative estimate of drug-likeness (QED) is 0.668. The summed E-state index contributed by atoms with van der Waals surface area (Å²) < 4.78 is 0. The lowest BCUT2D eigenvalue weighted by Gasteiger charge is -2.30. The van der Waals surface area contributed by atoms with Crippen molar-refractivity contribution in [1.29, 1.82) is 0 Å². The summed E-state index contributed by atoms with van der Waals surface area (Å²) in [7, 11) is 3.84. The fourth-order valence-electron chi connectivity index (χ4n) is 4.19. The van der Waals surface area contributed by atoms with Crippen LogP contribution in [0, 0.1) is 5.41 Å². The highest BCUT2D eigenvalue weighted by molar-refractivity contribution is 5.82. The van der Waals surface area contributed by atoms with Crippen LogP contribution in [-0.2, 0) is 11.2 Å². The number of hydrogen-bond donors (Lipinski definition) is 3. The Bertz CT molecular complexity index is 579. The fourth-order valence-corrected chi connectivity index (χ4v) is 4.19. The van der Waals surface area contributed by atoms with E-state index in [1.807, 2.05) is 14.1 Å². The average Bonchev–Trinajstić information content (AvgIpc) is 2.61. The maximum Gasteiger partial charge on any atom is 0.237 e. The van der Waals surface area contributed by atoms with E-state index in [2.05, 4.69) is 61.0 Å². The molecule has 26 heavy (non-hydrogen) atoms. The number of aryl methyl sites for hydroxylation is 1. The minimum absolute atomic E-state index is 0.0864. The van der Waals surface area contributed by atoms with E-state index in [0.29, 0.717) is 18.5 Å². The maximum atomic E-state index is 12.5. The van der Waals surface area contributed by atoms with E-state index < -0.39 is 0 Å². The Labute approximate surface area is 159 Å². The van der Waals surface area contributed by atoms with Gasteiger partial charge in [-0.25, -0.2) is 0 Å². The molecule has 4 heteroatoms. The van der Waals surface area contributed by atoms with Crippen molar-refractivity contribution in [1.82, 2.24) is 16.0 Å². The highest BCUT2D eigenvalue weighted by Crippen LogP contribution is 2.34. The number of carbonyl (C=O) groups is 1. The number of benzene rings is 1. The first-order valence-electron chi connectivity index (χ1n) is 10.1. The Kier molecular flexibility index (Phi) is 7.66. The standard InChI is InChI=1S/C22H37N3O/c1-22(2,3)20(24-5)21(26)25-15-18(23-4)14-13-17-11-8-10-16-9-6-7-12-19(16)17/h6-7,9,12,17-18,20,23-24H,8,10-11,13-15H2,1-5H3,(H,25,26). The van der Waals surface area contributed by atoms with Gasteiger partial charge in [-0.2, -0.15) is 0 Å². The first-order chi connectivity index (χ1) is 12.4. The molecule has 1 aliphatic carbocycles. The van der Waals surface area contributed by atoms with Crippen molar-refractivity contribution in [2.24, 2.45) is 5.41 Å². The molecule has 3 atom stereocenters. The van der Waals surface area contributed by atoms with Crippen LogP contribution in [0.1, 0.15) is 63.5 Å². The molecule has 0 radical (unpaired) electrons. The molecule has 3 unspecified atom stereocenters. The van der Waals surface area contributed by atoms with Gasteiger partial charge in [-0.15, -0.1) is 0 Å². The zero-order valence-electron chi connectivity index (χ0n) is 17.2. The number of carbonyl (C=O) groups excluding carboxylic acids is 1. The van der Waals surface area contributed by atoms with Crippen molar-refractivity contribution >= 4 is 5.91 Å². The minimum atomic E-state index is -0.176. The molecule has 0 aromatic heterocycles. The predicted molar refractivity (Wildman–Crippen MR) is 110 cm³/mol. The molecule has 146 valence electrons. The average molecular weight is 360 g/mol. The zero-order valence-corrected chi connectivity index (χ0v) is 17.2. The van der Waals surface area contributed by atoms with Crippen LogP contribution in [0.15, 0.2) is 24.3 Å². The van der Waals surface area contributed by atoms with Crippen molar-refractivity contribution in [3.05, 3.63) is 35.4 Å². The van der Waals surface area contributed by atoms with E-state index in [1.54, 1.807) is 5.56 Å². The van der Waals surface area contributed by atoms with E-state index in [9.17, 15) is 4.79 Å². The van der Waals surface area contributed by atoms with Gasteiger partial charge in [0.15, 0.2) is 0 Å². The van der Waals surface area contributed by atoms with Crippen LogP contribution in [0.4, 0.5) is 0 Å². The fraction of sp³-hybridized carbons (Fsp3) is 0.682. The summed E-state index contributed by atoms with van der Waals surface area (Å²) in [6.07, 6.45) is 6.04. The number of rotatable bonds is 8. The molecular formula is C22H37N3O. The zero-order chi connectivity index (χ0) is 19.2. The van der Waals surface area contributed by atoms with Gasteiger partial charge in [-0.1, -0.05) is 45.0 Å². The van der Waals surface area contributed by atoms with Gasteiger partial charge < -0.3 is 16.0 Å². The number of fused-ring (bicyclic) bond motifs is 1. The number of likely N-dealkylation sites (N-methyl/N-ethyl adjacent to an activating group) is 2. The van der Waals surface area contributed by atoms with Gasteiger partial charge >= 0.3 is 0 Å². The minimum Gasteiger partial charge on any atom is -0.353 e. The van der Waals surface area contributed by atoms with Gasteiger partial charge in [0.05, 0.1) is 6.04 Å². The molecule has 2 rings (SSSR count). The summed E-state index contributed by atoms with van der Waals surface area (Å²) in [4.78, 5) is 12.5. The molecule has 0 bridgehead atoms. The summed E-state index contributed by atoms with van der Waals surface area (Å²) in [6.45, 7) is 6.94. The summed E-state index contributed by atoms with van der Waals surface area (Å²) in [6, 6.07) is 9.03. The van der Waals surface area contributed by atoms with E-state index in [4.69, 9.17) is 0 Å². The van der Waals surface area contributed by atoms with Crippen molar-refractivity contribution in [2.75, 3.05) is 20.6 Å². The molecule has 4 nitrogen and oxygen atoms in total. The topological polar surface area (TPSA) is 53.2 Å². The van der Waals surface area contributed by atoms with Gasteiger partial charge in [-0.3, -0.25) is 4.79 Å². The van der Waals surface area contributed by atoms with Gasteiger partial charge in [0.25, 0.3) is 0 Å². The van der Waals surface area contributed by atoms with E-state index in [0.717, 1.165) is 6.42 Å². The molecular weight excluding hydrogens is 322 g/mol. The van der Waals surface area contributed by atoms with Gasteiger partial charge in [-0.05, 0) is 68.7 Å². The van der Waals surface area contributed by atoms with Crippen LogP contribution in [-0.4, -0.2) is 38.6 Å².